The van der Waals surface area contributed by atoms with Gasteiger partial charge in [-0.05, 0) is 11.6 Å². The van der Waals surface area contributed by atoms with Crippen molar-refractivity contribution >= 4 is 33.0 Å². The number of rotatable bonds is 1. The van der Waals surface area contributed by atoms with E-state index < -0.39 is 15.4 Å². The van der Waals surface area contributed by atoms with E-state index in [1.54, 1.807) is 25.2 Å². The average Bonchev–Trinajstić information content (AvgIpc) is 2.72. The maximum atomic E-state index is 13.8. The van der Waals surface area contributed by atoms with Gasteiger partial charge in [0.1, 0.15) is 4.90 Å². The first kappa shape index (κ1) is 16.3. The highest BCUT2D eigenvalue weighted by Gasteiger charge is 2.49. The van der Waals surface area contributed by atoms with E-state index in [2.05, 4.69) is 0 Å². The van der Waals surface area contributed by atoms with E-state index in [0.29, 0.717) is 16.9 Å². The van der Waals surface area contributed by atoms with Gasteiger partial charge in [0.2, 0.25) is 0 Å². The van der Waals surface area contributed by atoms with E-state index in [4.69, 9.17) is 11.6 Å². The molecule has 0 radical (unpaired) electrons. The van der Waals surface area contributed by atoms with Crippen molar-refractivity contribution in [2.24, 2.45) is 0 Å². The summed E-state index contributed by atoms with van der Waals surface area (Å²) in [6.07, 6.45) is 0. The first-order chi connectivity index (χ1) is 12.0. The second-order valence-electron chi connectivity index (χ2n) is 6.19. The van der Waals surface area contributed by atoms with Crippen molar-refractivity contribution in [2.75, 3.05) is 7.05 Å². The topological polar surface area (TPSA) is 34.1 Å². The second-order valence-corrected chi connectivity index (χ2v) is 8.75. The molecule has 0 fully saturated rings. The summed E-state index contributed by atoms with van der Waals surface area (Å²) < 4.78 is 27.2. The fourth-order valence-electron chi connectivity index (χ4n) is 3.50. The molecule has 4 rings (SSSR count). The molecule has 5 heteroatoms. The zero-order chi connectivity index (χ0) is 17.7. The fourth-order valence-corrected chi connectivity index (χ4v) is 5.89. The molecule has 1 heterocycles. The van der Waals surface area contributed by atoms with Crippen molar-refractivity contribution < 1.29 is 8.42 Å². The van der Waals surface area contributed by atoms with Crippen LogP contribution >= 0.6 is 11.6 Å². The molecule has 126 valence electrons. The molecule has 0 saturated carbocycles. The van der Waals surface area contributed by atoms with Crippen LogP contribution in [0.5, 0.6) is 0 Å². The number of nitrogens with zero attached hydrogens (tertiary/aromatic N) is 1. The minimum absolute atomic E-state index is 0.276. The lowest BCUT2D eigenvalue weighted by molar-refractivity contribution is 0.537. The van der Waals surface area contributed by atoms with Crippen LogP contribution in [0.25, 0.3) is 0 Å². The summed E-state index contributed by atoms with van der Waals surface area (Å²) in [6.45, 7) is 0. The quantitative estimate of drug-likeness (QED) is 0.447. The maximum Gasteiger partial charge on any atom is 0.336 e. The van der Waals surface area contributed by atoms with Crippen LogP contribution in [0.15, 0.2) is 83.8 Å². The third-order valence-electron chi connectivity index (χ3n) is 4.87. The number of para-hydroxylation sites is 2. The molecule has 0 aromatic heterocycles. The van der Waals surface area contributed by atoms with Crippen LogP contribution in [0, 0.1) is 0 Å². The molecule has 1 aliphatic heterocycles. The molecule has 1 aliphatic rings. The van der Waals surface area contributed by atoms with Gasteiger partial charge in [-0.3, -0.25) is 0 Å². The Morgan fingerprint density at radius 1 is 0.800 bits per heavy atom. The van der Waals surface area contributed by atoms with Gasteiger partial charge in [-0.15, -0.1) is 11.6 Å². The number of hydrogen-bond acceptors (Lipinski definition) is 2. The van der Waals surface area contributed by atoms with Gasteiger partial charge in [0.25, 0.3) is 0 Å². The molecule has 2 unspecified atom stereocenters. The molecule has 3 nitrogen and oxygen atoms in total. The first-order valence-electron chi connectivity index (χ1n) is 7.98. The van der Waals surface area contributed by atoms with Gasteiger partial charge in [0, 0.05) is 23.8 Å². The van der Waals surface area contributed by atoms with E-state index in [1.165, 1.54) is 0 Å². The molecular formula is C20H17ClNO2S+. The summed E-state index contributed by atoms with van der Waals surface area (Å²) in [5.41, 5.74) is 2.78. The average molecular weight is 371 g/mol. The minimum atomic E-state index is -3.77. The number of alkyl halides is 1. The number of sulfonamides is 1. The third kappa shape index (κ3) is 2.18. The molecule has 3 aromatic rings. The molecule has 3 aromatic carbocycles. The summed E-state index contributed by atoms with van der Waals surface area (Å²) in [7, 11) is -2.05. The van der Waals surface area contributed by atoms with Crippen LogP contribution < -0.4 is 3.89 Å². The van der Waals surface area contributed by atoms with Gasteiger partial charge >= 0.3 is 10.0 Å². The Morgan fingerprint density at radius 2 is 1.36 bits per heavy atom. The lowest BCUT2D eigenvalue weighted by atomic mass is 10.0. The van der Waals surface area contributed by atoms with Crippen LogP contribution in [0.2, 0.25) is 0 Å². The first-order valence-corrected chi connectivity index (χ1v) is 9.85. The van der Waals surface area contributed by atoms with Crippen molar-refractivity contribution in [1.29, 1.82) is 0 Å². The van der Waals surface area contributed by atoms with Crippen molar-refractivity contribution in [3.8, 4) is 0 Å². The summed E-state index contributed by atoms with van der Waals surface area (Å²) >= 11 is 6.75. The third-order valence-corrected chi connectivity index (χ3v) is 7.64. The van der Waals surface area contributed by atoms with E-state index in [9.17, 15) is 8.42 Å². The molecule has 0 aliphatic carbocycles. The lowest BCUT2D eigenvalue weighted by Crippen LogP contribution is -2.45. The highest BCUT2D eigenvalue weighted by atomic mass is 35.5. The SMILES string of the molecule is C[N+]1(c2ccccc2)c2ccccc2C(Cl)c2ccccc2S1(=O)=O. The predicted octanol–water partition coefficient (Wildman–Crippen LogP) is 4.99. The van der Waals surface area contributed by atoms with E-state index in [-0.39, 0.29) is 8.78 Å². The molecule has 25 heavy (non-hydrogen) atoms. The van der Waals surface area contributed by atoms with Gasteiger partial charge in [0.15, 0.2) is 11.4 Å². The van der Waals surface area contributed by atoms with E-state index in [1.807, 2.05) is 60.7 Å². The van der Waals surface area contributed by atoms with Gasteiger partial charge < -0.3 is 0 Å². The summed E-state index contributed by atoms with van der Waals surface area (Å²) in [4.78, 5) is 0.276. The number of halogens is 1. The molecule has 0 N–H and O–H groups in total. The Labute approximate surface area is 152 Å². The number of quaternary nitrogens is 1. The fraction of sp³-hybridized carbons (Fsp3) is 0.100. The van der Waals surface area contributed by atoms with Crippen molar-refractivity contribution in [3.05, 3.63) is 90.0 Å². The Balaban J connectivity index is 2.19. The smallest absolute Gasteiger partial charge is 0.168 e. The van der Waals surface area contributed by atoms with Gasteiger partial charge in [0.05, 0.1) is 12.4 Å². The molecule has 0 spiro atoms. The van der Waals surface area contributed by atoms with E-state index >= 15 is 0 Å². The standard InChI is InChI=1S/C20H17ClNO2S/c1-22(15-9-3-2-4-10-15)18-13-7-5-11-16(18)20(21)17-12-6-8-14-19(17)25(22,23)24/h2-14,20H,1H3/q+1. The zero-order valence-corrected chi connectivity index (χ0v) is 15.2. The summed E-state index contributed by atoms with van der Waals surface area (Å²) in [6, 6.07) is 23.8. The summed E-state index contributed by atoms with van der Waals surface area (Å²) in [5.74, 6) is 0. The second kappa shape index (κ2) is 5.70. The predicted molar refractivity (Wildman–Crippen MR) is 102 cm³/mol. The lowest BCUT2D eigenvalue weighted by Gasteiger charge is -2.32. The number of hydrogen-bond donors (Lipinski definition) is 0. The van der Waals surface area contributed by atoms with Crippen molar-refractivity contribution in [3.63, 3.8) is 0 Å². The van der Waals surface area contributed by atoms with E-state index in [0.717, 1.165) is 5.56 Å². The molecule has 0 saturated heterocycles. The van der Waals surface area contributed by atoms with Gasteiger partial charge in [-0.1, -0.05) is 54.6 Å². The largest absolute Gasteiger partial charge is 0.336 e. The Hall–Kier alpha value is -2.14. The maximum absolute atomic E-state index is 13.8. The van der Waals surface area contributed by atoms with Crippen LogP contribution in [0.4, 0.5) is 11.4 Å². The van der Waals surface area contributed by atoms with Gasteiger partial charge in [-0.25, -0.2) is 0 Å². The van der Waals surface area contributed by atoms with Crippen molar-refractivity contribution in [2.45, 2.75) is 10.3 Å². The van der Waals surface area contributed by atoms with Crippen LogP contribution in [0.3, 0.4) is 0 Å². The van der Waals surface area contributed by atoms with Crippen molar-refractivity contribution in [1.82, 2.24) is 3.89 Å². The Bertz CT molecular complexity index is 1050. The zero-order valence-electron chi connectivity index (χ0n) is 13.6. The minimum Gasteiger partial charge on any atom is -0.168 e. The highest BCUT2D eigenvalue weighted by Crippen LogP contribution is 2.50. The highest BCUT2D eigenvalue weighted by molar-refractivity contribution is 7.91. The van der Waals surface area contributed by atoms with Gasteiger partial charge in [-0.2, -0.15) is 12.3 Å². The normalized spacial score (nSPS) is 24.0. The Morgan fingerprint density at radius 3 is 2.08 bits per heavy atom. The monoisotopic (exact) mass is 370 g/mol. The molecule has 2 atom stereocenters. The molecular weight excluding hydrogens is 354 g/mol. The number of fused-ring (bicyclic) bond motifs is 2. The van der Waals surface area contributed by atoms with Crippen LogP contribution in [0.1, 0.15) is 16.5 Å². The summed E-state index contributed by atoms with van der Waals surface area (Å²) in [5, 5.41) is -0.522. The molecule has 0 amide bonds. The Kier molecular flexibility index (Phi) is 3.72. The molecule has 0 bridgehead atoms. The van der Waals surface area contributed by atoms with Crippen LogP contribution in [-0.4, -0.2) is 15.5 Å². The number of benzene rings is 3. The van der Waals surface area contributed by atoms with Crippen LogP contribution in [-0.2, 0) is 10.0 Å².